The lowest BCUT2D eigenvalue weighted by atomic mass is 9.46. The van der Waals surface area contributed by atoms with Gasteiger partial charge < -0.3 is 24.8 Å². The van der Waals surface area contributed by atoms with E-state index in [4.69, 9.17) is 14.2 Å². The minimum atomic E-state index is 0. The van der Waals surface area contributed by atoms with E-state index in [1.165, 1.54) is 31.2 Å². The number of halogens is 1. The molecule has 0 bridgehead atoms. The lowest BCUT2D eigenvalue weighted by molar-refractivity contribution is -0.171. The van der Waals surface area contributed by atoms with Gasteiger partial charge in [0.1, 0.15) is 5.75 Å². The normalized spacial score (nSPS) is 29.8. The van der Waals surface area contributed by atoms with Crippen molar-refractivity contribution in [1.29, 1.82) is 0 Å². The summed E-state index contributed by atoms with van der Waals surface area (Å²) in [5.74, 6) is 2.43. The van der Waals surface area contributed by atoms with Crippen LogP contribution < -0.4 is 15.4 Å². The predicted octanol–water partition coefficient (Wildman–Crippen LogP) is 2.81. The number of nitrogens with zero attached hydrogens (tertiary/aromatic N) is 2. The summed E-state index contributed by atoms with van der Waals surface area (Å²) in [6, 6.07) is 9.19. The zero-order valence-corrected chi connectivity index (χ0v) is 21.5. The summed E-state index contributed by atoms with van der Waals surface area (Å²) in [4.78, 5) is 7.08. The molecular formula is C24H37IN4O3. The molecule has 32 heavy (non-hydrogen) atoms. The molecule has 0 aromatic heterocycles. The Kier molecular flexibility index (Phi) is 7.85. The third-order valence-corrected chi connectivity index (χ3v) is 8.00. The molecular weight excluding hydrogens is 519 g/mol. The predicted molar refractivity (Wildman–Crippen MR) is 136 cm³/mol. The molecule has 5 rings (SSSR count). The number of methoxy groups -OCH3 is 1. The fraction of sp³-hybridized carbons (Fsp3) is 0.708. The van der Waals surface area contributed by atoms with Gasteiger partial charge in [0.15, 0.2) is 5.96 Å². The van der Waals surface area contributed by atoms with Crippen molar-refractivity contribution in [3.63, 3.8) is 0 Å². The summed E-state index contributed by atoms with van der Waals surface area (Å²) in [6.07, 6.45) is 5.53. The lowest BCUT2D eigenvalue weighted by Crippen LogP contribution is -2.72. The van der Waals surface area contributed by atoms with Gasteiger partial charge in [0.05, 0.1) is 32.5 Å². The highest BCUT2D eigenvalue weighted by Gasteiger charge is 2.66. The van der Waals surface area contributed by atoms with E-state index in [0.29, 0.717) is 23.5 Å². The van der Waals surface area contributed by atoms with E-state index in [1.807, 2.05) is 19.2 Å². The SMILES string of the molecule is CN=C(NCC(c1ccc(OC)cc1)N1CCOCC1)NC1C2CCOC2C12CCC2.I. The summed E-state index contributed by atoms with van der Waals surface area (Å²) >= 11 is 0. The molecule has 2 saturated heterocycles. The van der Waals surface area contributed by atoms with Crippen molar-refractivity contribution >= 4 is 29.9 Å². The second-order valence-corrected chi connectivity index (χ2v) is 9.34. The Hall–Kier alpha value is -1.10. The third kappa shape index (κ3) is 4.35. The Balaban J connectivity index is 0.00000245. The van der Waals surface area contributed by atoms with Gasteiger partial charge in [-0.25, -0.2) is 0 Å². The van der Waals surface area contributed by atoms with Crippen LogP contribution in [0.2, 0.25) is 0 Å². The van der Waals surface area contributed by atoms with E-state index in [9.17, 15) is 0 Å². The maximum Gasteiger partial charge on any atom is 0.191 e. The maximum atomic E-state index is 6.08. The van der Waals surface area contributed by atoms with Crippen molar-refractivity contribution in [3.05, 3.63) is 29.8 Å². The molecule has 7 nitrogen and oxygen atoms in total. The van der Waals surface area contributed by atoms with E-state index in [0.717, 1.165) is 51.2 Å². The molecule has 2 N–H and O–H groups in total. The van der Waals surface area contributed by atoms with Gasteiger partial charge in [0.2, 0.25) is 0 Å². The Morgan fingerprint density at radius 1 is 1.22 bits per heavy atom. The van der Waals surface area contributed by atoms with Crippen LogP contribution in [0.3, 0.4) is 0 Å². The van der Waals surface area contributed by atoms with E-state index in [1.54, 1.807) is 7.11 Å². The molecule has 4 atom stereocenters. The number of hydrogen-bond donors (Lipinski definition) is 2. The number of fused-ring (bicyclic) bond motifs is 2. The number of nitrogens with one attached hydrogen (secondary N) is 2. The molecule has 2 saturated carbocycles. The lowest BCUT2D eigenvalue weighted by Gasteiger charge is -2.63. The average molecular weight is 556 g/mol. The Morgan fingerprint density at radius 2 is 1.97 bits per heavy atom. The van der Waals surface area contributed by atoms with Crippen LogP contribution in [0.1, 0.15) is 37.3 Å². The van der Waals surface area contributed by atoms with Crippen molar-refractivity contribution in [2.75, 3.05) is 53.6 Å². The van der Waals surface area contributed by atoms with E-state index in [2.05, 4.69) is 32.7 Å². The van der Waals surface area contributed by atoms with Crippen LogP contribution in [0.15, 0.2) is 29.3 Å². The average Bonchev–Trinajstić information content (AvgIpc) is 3.21. The number of hydrogen-bond acceptors (Lipinski definition) is 5. The number of aliphatic imine (C=N–C) groups is 1. The molecule has 4 fully saturated rings. The summed E-state index contributed by atoms with van der Waals surface area (Å²) in [5.41, 5.74) is 1.63. The molecule has 4 unspecified atom stereocenters. The second-order valence-electron chi connectivity index (χ2n) is 9.34. The van der Waals surface area contributed by atoms with E-state index in [-0.39, 0.29) is 30.0 Å². The first-order chi connectivity index (χ1) is 15.2. The molecule has 0 radical (unpaired) electrons. The minimum Gasteiger partial charge on any atom is -0.497 e. The highest BCUT2D eigenvalue weighted by molar-refractivity contribution is 14.0. The molecule has 1 spiro atoms. The number of guanidine groups is 1. The van der Waals surface area contributed by atoms with Gasteiger partial charge in [-0.3, -0.25) is 9.89 Å². The number of rotatable bonds is 6. The van der Waals surface area contributed by atoms with Crippen molar-refractivity contribution in [2.24, 2.45) is 16.3 Å². The number of ether oxygens (including phenoxy) is 3. The highest BCUT2D eigenvalue weighted by atomic mass is 127. The van der Waals surface area contributed by atoms with Crippen LogP contribution in [0.4, 0.5) is 0 Å². The van der Waals surface area contributed by atoms with Gasteiger partial charge in [-0.2, -0.15) is 0 Å². The third-order valence-electron chi connectivity index (χ3n) is 8.00. The van der Waals surface area contributed by atoms with Gasteiger partial charge in [0.25, 0.3) is 0 Å². The zero-order chi connectivity index (χ0) is 21.3. The molecule has 0 amide bonds. The minimum absolute atomic E-state index is 0. The van der Waals surface area contributed by atoms with E-state index < -0.39 is 0 Å². The van der Waals surface area contributed by atoms with Crippen molar-refractivity contribution < 1.29 is 14.2 Å². The first kappa shape index (κ1) is 24.0. The summed E-state index contributed by atoms with van der Waals surface area (Å²) in [7, 11) is 3.59. The van der Waals surface area contributed by atoms with Crippen LogP contribution in [0.5, 0.6) is 5.75 Å². The van der Waals surface area contributed by atoms with Gasteiger partial charge in [-0.05, 0) is 37.0 Å². The van der Waals surface area contributed by atoms with Crippen molar-refractivity contribution in [1.82, 2.24) is 15.5 Å². The molecule has 2 aliphatic heterocycles. The van der Waals surface area contributed by atoms with E-state index >= 15 is 0 Å². The van der Waals surface area contributed by atoms with Crippen LogP contribution in [0.25, 0.3) is 0 Å². The van der Waals surface area contributed by atoms with Gasteiger partial charge in [-0.15, -0.1) is 24.0 Å². The molecule has 2 heterocycles. The Labute approximate surface area is 208 Å². The van der Waals surface area contributed by atoms with Crippen LogP contribution in [0, 0.1) is 11.3 Å². The smallest absolute Gasteiger partial charge is 0.191 e. The molecule has 1 aromatic carbocycles. The number of morpholine rings is 1. The topological polar surface area (TPSA) is 67.4 Å². The summed E-state index contributed by atoms with van der Waals surface area (Å²) in [6.45, 7) is 5.17. The molecule has 4 aliphatic rings. The van der Waals surface area contributed by atoms with Crippen LogP contribution in [-0.4, -0.2) is 76.6 Å². The fourth-order valence-electron chi connectivity index (χ4n) is 6.16. The van der Waals surface area contributed by atoms with Crippen LogP contribution >= 0.6 is 24.0 Å². The summed E-state index contributed by atoms with van der Waals surface area (Å²) < 4.78 is 17.0. The first-order valence-electron chi connectivity index (χ1n) is 11.8. The number of benzene rings is 1. The quantitative estimate of drug-likeness (QED) is 0.319. The van der Waals surface area contributed by atoms with Gasteiger partial charge >= 0.3 is 0 Å². The molecule has 178 valence electrons. The fourth-order valence-corrected chi connectivity index (χ4v) is 6.16. The Morgan fingerprint density at radius 3 is 2.59 bits per heavy atom. The van der Waals surface area contributed by atoms with Crippen LogP contribution in [-0.2, 0) is 9.47 Å². The van der Waals surface area contributed by atoms with Gasteiger partial charge in [-0.1, -0.05) is 18.6 Å². The highest BCUT2D eigenvalue weighted by Crippen LogP contribution is 2.62. The van der Waals surface area contributed by atoms with Gasteiger partial charge in [0, 0.05) is 50.7 Å². The maximum absolute atomic E-state index is 6.08. The largest absolute Gasteiger partial charge is 0.497 e. The molecule has 8 heteroatoms. The first-order valence-corrected chi connectivity index (χ1v) is 11.8. The molecule has 1 aromatic rings. The summed E-state index contributed by atoms with van der Waals surface area (Å²) in [5, 5.41) is 7.43. The van der Waals surface area contributed by atoms with Crippen molar-refractivity contribution in [2.45, 2.75) is 43.9 Å². The Bertz CT molecular complexity index is 780. The standard InChI is InChI=1S/C24H36N4O3.HI/c1-25-23(27-21-19-8-13-31-22(19)24(21)9-3-10-24)26-16-20(28-11-14-30-15-12-28)17-4-6-18(29-2)7-5-17;/h4-7,19-22H,3,8-16H2,1-2H3,(H2,25,26,27);1H. The molecule has 2 aliphatic carbocycles. The monoisotopic (exact) mass is 556 g/mol. The second kappa shape index (κ2) is 10.4. The zero-order valence-electron chi connectivity index (χ0n) is 19.2. The van der Waals surface area contributed by atoms with Crippen molar-refractivity contribution in [3.8, 4) is 5.75 Å².